The van der Waals surface area contributed by atoms with E-state index in [0.29, 0.717) is 5.25 Å². The lowest BCUT2D eigenvalue weighted by molar-refractivity contribution is 0.320. The molecule has 0 unspecified atom stereocenters. The number of amidine groups is 1. The quantitative estimate of drug-likeness (QED) is 0.540. The van der Waals surface area contributed by atoms with Crippen molar-refractivity contribution in [1.82, 2.24) is 14.5 Å². The van der Waals surface area contributed by atoms with Gasteiger partial charge >= 0.3 is 0 Å². The number of benzene rings is 1. The number of aryl methyl sites for hydroxylation is 1. The number of hydrogen-bond donors (Lipinski definition) is 0. The second-order valence-electron chi connectivity index (χ2n) is 7.78. The highest BCUT2D eigenvalue weighted by atomic mass is 35.5. The first-order valence-corrected chi connectivity index (χ1v) is 11.2. The topological polar surface area (TPSA) is 33.4 Å². The van der Waals surface area contributed by atoms with Crippen LogP contribution in [0.5, 0.6) is 0 Å². The van der Waals surface area contributed by atoms with Crippen LogP contribution in [-0.2, 0) is 0 Å². The fraction of sp³-hybridized carbons (Fsp3) is 0.304. The van der Waals surface area contributed by atoms with Crippen molar-refractivity contribution in [2.24, 2.45) is 4.99 Å². The zero-order valence-corrected chi connectivity index (χ0v) is 18.3. The van der Waals surface area contributed by atoms with Gasteiger partial charge in [-0.25, -0.2) is 0 Å². The maximum absolute atomic E-state index is 6.11. The Bertz CT molecular complexity index is 1070. The Morgan fingerprint density at radius 1 is 1.10 bits per heavy atom. The number of pyridine rings is 1. The van der Waals surface area contributed by atoms with E-state index in [1.54, 1.807) is 0 Å². The molecular weight excluding hydrogens is 400 g/mol. The number of nitrogens with zero attached hydrogens (tertiary/aromatic N) is 4. The van der Waals surface area contributed by atoms with Crippen molar-refractivity contribution in [3.63, 3.8) is 0 Å². The van der Waals surface area contributed by atoms with Crippen molar-refractivity contribution < 1.29 is 0 Å². The van der Waals surface area contributed by atoms with Gasteiger partial charge in [-0.3, -0.25) is 9.98 Å². The monoisotopic (exact) mass is 422 g/mol. The van der Waals surface area contributed by atoms with Crippen LogP contribution in [0.15, 0.2) is 59.7 Å². The van der Waals surface area contributed by atoms with Gasteiger partial charge in [-0.15, -0.1) is 0 Å². The van der Waals surface area contributed by atoms with Crippen LogP contribution >= 0.6 is 23.4 Å². The molecule has 6 heteroatoms. The molecule has 0 bridgehead atoms. The predicted molar refractivity (Wildman–Crippen MR) is 121 cm³/mol. The number of halogens is 1. The highest BCUT2D eigenvalue weighted by Crippen LogP contribution is 2.48. The minimum Gasteiger partial charge on any atom is -0.341 e. The molecule has 5 rings (SSSR count). The molecule has 2 aliphatic heterocycles. The molecule has 4 heterocycles. The SMILES string of the molecule is Cc1cc([C@@H]2[C@@H](c3ccccn3)N=C3S[C@H](C)CN32)c(C)n1-c1ccc(Cl)cc1. The van der Waals surface area contributed by atoms with E-state index in [9.17, 15) is 0 Å². The molecular formula is C23H23ClN4S. The summed E-state index contributed by atoms with van der Waals surface area (Å²) < 4.78 is 2.31. The van der Waals surface area contributed by atoms with E-state index >= 15 is 0 Å². The van der Waals surface area contributed by atoms with Gasteiger partial charge in [0.1, 0.15) is 6.04 Å². The highest BCUT2D eigenvalue weighted by Gasteiger charge is 2.44. The number of hydrogen-bond acceptors (Lipinski definition) is 4. The second-order valence-corrected chi connectivity index (χ2v) is 9.62. The lowest BCUT2D eigenvalue weighted by atomic mass is 9.96. The normalized spacial score (nSPS) is 23.4. The second kappa shape index (κ2) is 7.22. The number of aromatic nitrogens is 2. The number of rotatable bonds is 3. The third-order valence-corrected chi connectivity index (χ3v) is 7.11. The van der Waals surface area contributed by atoms with Gasteiger partial charge in [0.2, 0.25) is 0 Å². The summed E-state index contributed by atoms with van der Waals surface area (Å²) in [6.45, 7) is 7.66. The molecule has 0 N–H and O–H groups in total. The van der Waals surface area contributed by atoms with E-state index in [-0.39, 0.29) is 12.1 Å². The number of thioether (sulfide) groups is 1. The van der Waals surface area contributed by atoms with Crippen LogP contribution in [0.25, 0.3) is 5.69 Å². The molecule has 0 aliphatic carbocycles. The van der Waals surface area contributed by atoms with Crippen molar-refractivity contribution >= 4 is 28.5 Å². The van der Waals surface area contributed by atoms with E-state index in [1.165, 1.54) is 17.0 Å². The zero-order chi connectivity index (χ0) is 20.1. The average molecular weight is 423 g/mol. The summed E-state index contributed by atoms with van der Waals surface area (Å²) in [6.07, 6.45) is 1.86. The predicted octanol–water partition coefficient (Wildman–Crippen LogP) is 5.73. The Labute approximate surface area is 180 Å². The molecule has 0 spiro atoms. The number of aliphatic imine (C=N–C) groups is 1. The standard InChI is InChI=1S/C23H23ClN4S/c1-14-12-19(16(3)28(14)18-9-7-17(24)8-10-18)22-21(20-6-4-5-11-25-20)26-23-27(22)13-15(2)29-23/h4-12,15,21-22H,13H2,1-3H3/t15-,21-,22-/m1/s1. The first-order chi connectivity index (χ1) is 14.0. The van der Waals surface area contributed by atoms with Crippen molar-refractivity contribution in [1.29, 1.82) is 0 Å². The van der Waals surface area contributed by atoms with Crippen LogP contribution in [-0.4, -0.2) is 31.4 Å². The van der Waals surface area contributed by atoms with Crippen molar-refractivity contribution in [2.75, 3.05) is 6.54 Å². The molecule has 29 heavy (non-hydrogen) atoms. The molecule has 0 amide bonds. The first-order valence-electron chi connectivity index (χ1n) is 9.89. The smallest absolute Gasteiger partial charge is 0.160 e. The minimum atomic E-state index is 0.0189. The zero-order valence-electron chi connectivity index (χ0n) is 16.7. The Kier molecular flexibility index (Phi) is 4.67. The van der Waals surface area contributed by atoms with Crippen molar-refractivity contribution in [2.45, 2.75) is 38.1 Å². The van der Waals surface area contributed by atoms with Crippen molar-refractivity contribution in [3.05, 3.63) is 82.4 Å². The van der Waals surface area contributed by atoms with Crippen LogP contribution in [0.3, 0.4) is 0 Å². The van der Waals surface area contributed by atoms with Gasteiger partial charge in [-0.05, 0) is 61.9 Å². The van der Waals surface area contributed by atoms with Gasteiger partial charge in [0.05, 0.1) is 11.7 Å². The Morgan fingerprint density at radius 3 is 2.62 bits per heavy atom. The summed E-state index contributed by atoms with van der Waals surface area (Å²) >= 11 is 7.98. The summed E-state index contributed by atoms with van der Waals surface area (Å²) in [5.74, 6) is 0. The molecule has 1 fully saturated rings. The van der Waals surface area contributed by atoms with Crippen LogP contribution in [0.1, 0.15) is 41.7 Å². The van der Waals surface area contributed by atoms with Gasteiger partial charge in [0, 0.05) is 40.1 Å². The van der Waals surface area contributed by atoms with Crippen molar-refractivity contribution in [3.8, 4) is 5.69 Å². The third-order valence-electron chi connectivity index (χ3n) is 5.76. The van der Waals surface area contributed by atoms with Crippen LogP contribution < -0.4 is 0 Å². The van der Waals surface area contributed by atoms with E-state index in [0.717, 1.165) is 28.1 Å². The third kappa shape index (κ3) is 3.17. The Hall–Kier alpha value is -2.24. The largest absolute Gasteiger partial charge is 0.341 e. The van der Waals surface area contributed by atoms with Crippen LogP contribution in [0.4, 0.5) is 0 Å². The van der Waals surface area contributed by atoms with Crippen LogP contribution in [0.2, 0.25) is 5.02 Å². The molecule has 3 aromatic rings. The number of fused-ring (bicyclic) bond motifs is 1. The minimum absolute atomic E-state index is 0.0189. The summed E-state index contributed by atoms with van der Waals surface area (Å²) in [7, 11) is 0. The van der Waals surface area contributed by atoms with Gasteiger partial charge in [0.15, 0.2) is 5.17 Å². The lowest BCUT2D eigenvalue weighted by Crippen LogP contribution is -2.28. The van der Waals surface area contributed by atoms with E-state index < -0.39 is 0 Å². The van der Waals surface area contributed by atoms with E-state index in [4.69, 9.17) is 16.6 Å². The lowest BCUT2D eigenvalue weighted by Gasteiger charge is -2.27. The molecule has 2 aromatic heterocycles. The maximum atomic E-state index is 6.11. The summed E-state index contributed by atoms with van der Waals surface area (Å²) in [5.41, 5.74) is 5.95. The molecule has 4 nitrogen and oxygen atoms in total. The summed E-state index contributed by atoms with van der Waals surface area (Å²) in [6, 6.07) is 16.7. The van der Waals surface area contributed by atoms with Crippen LogP contribution in [0, 0.1) is 13.8 Å². The summed E-state index contributed by atoms with van der Waals surface area (Å²) in [5, 5.41) is 2.46. The fourth-order valence-electron chi connectivity index (χ4n) is 4.53. The fourth-order valence-corrected chi connectivity index (χ4v) is 5.75. The van der Waals surface area contributed by atoms with Gasteiger partial charge in [-0.2, -0.15) is 0 Å². The van der Waals surface area contributed by atoms with E-state index in [1.807, 2.05) is 36.2 Å². The maximum Gasteiger partial charge on any atom is 0.160 e. The first kappa shape index (κ1) is 18.8. The molecule has 1 saturated heterocycles. The molecule has 2 aliphatic rings. The molecule has 1 aromatic carbocycles. The van der Waals surface area contributed by atoms with Gasteiger partial charge < -0.3 is 9.47 Å². The highest BCUT2D eigenvalue weighted by molar-refractivity contribution is 8.14. The van der Waals surface area contributed by atoms with Gasteiger partial charge in [-0.1, -0.05) is 36.4 Å². The average Bonchev–Trinajstić information content (AvgIpc) is 3.33. The molecule has 148 valence electrons. The summed E-state index contributed by atoms with van der Waals surface area (Å²) in [4.78, 5) is 12.2. The Morgan fingerprint density at radius 2 is 1.90 bits per heavy atom. The van der Waals surface area contributed by atoms with Gasteiger partial charge in [0.25, 0.3) is 0 Å². The molecule has 0 saturated carbocycles. The molecule has 0 radical (unpaired) electrons. The molecule has 3 atom stereocenters. The Balaban J connectivity index is 1.62. The van der Waals surface area contributed by atoms with E-state index in [2.05, 4.69) is 65.6 Å².